The van der Waals surface area contributed by atoms with Gasteiger partial charge in [0.1, 0.15) is 5.76 Å². The Morgan fingerprint density at radius 2 is 1.96 bits per heavy atom. The first kappa shape index (κ1) is 16.0. The third kappa shape index (κ3) is 3.91. The Labute approximate surface area is 138 Å². The number of piperidine rings is 1. The summed E-state index contributed by atoms with van der Waals surface area (Å²) in [5, 5.41) is 0. The van der Waals surface area contributed by atoms with Gasteiger partial charge in [0.05, 0.1) is 16.6 Å². The van der Waals surface area contributed by atoms with Crippen molar-refractivity contribution in [2.75, 3.05) is 13.1 Å². The molecule has 1 aliphatic heterocycles. The predicted molar refractivity (Wildman–Crippen MR) is 89.8 cm³/mol. The van der Waals surface area contributed by atoms with E-state index in [1.54, 1.807) is 12.1 Å². The van der Waals surface area contributed by atoms with Crippen LogP contribution in [0.1, 0.15) is 41.1 Å². The van der Waals surface area contributed by atoms with E-state index in [1.165, 1.54) is 6.42 Å². The Morgan fingerprint density at radius 1 is 1.17 bits per heavy atom. The zero-order valence-electron chi connectivity index (χ0n) is 13.3. The largest absolute Gasteiger partial charge is 0.455 e. The molecule has 1 fully saturated rings. The summed E-state index contributed by atoms with van der Waals surface area (Å²) in [5.74, 6) is 1.17. The highest BCUT2D eigenvalue weighted by Crippen LogP contribution is 2.18. The van der Waals surface area contributed by atoms with Crippen LogP contribution in [0.4, 0.5) is 0 Å². The van der Waals surface area contributed by atoms with Crippen molar-refractivity contribution >= 4 is 16.7 Å². The zero-order valence-corrected chi connectivity index (χ0v) is 14.1. The molecule has 1 aromatic carbocycles. The number of likely N-dealkylation sites (tertiary alicyclic amines) is 1. The molecule has 0 spiro atoms. The molecule has 1 saturated heterocycles. The van der Waals surface area contributed by atoms with Gasteiger partial charge in [-0.3, -0.25) is 9.00 Å². The van der Waals surface area contributed by atoms with Crippen LogP contribution >= 0.6 is 0 Å². The average Bonchev–Trinajstić information content (AvgIpc) is 3.03. The molecule has 0 bridgehead atoms. The van der Waals surface area contributed by atoms with Gasteiger partial charge in [0, 0.05) is 18.0 Å². The van der Waals surface area contributed by atoms with E-state index in [2.05, 4.69) is 0 Å². The van der Waals surface area contributed by atoms with Gasteiger partial charge >= 0.3 is 0 Å². The third-order valence-corrected chi connectivity index (χ3v) is 5.37. The number of rotatable bonds is 4. The Hall–Kier alpha value is -1.88. The first-order valence-electron chi connectivity index (χ1n) is 7.96. The molecule has 3 rings (SSSR count). The van der Waals surface area contributed by atoms with Crippen molar-refractivity contribution in [2.45, 2.75) is 36.8 Å². The number of carbonyl (C=O) groups is 1. The fourth-order valence-corrected chi connectivity index (χ4v) is 3.92. The van der Waals surface area contributed by atoms with Crippen LogP contribution in [0.5, 0.6) is 0 Å². The molecule has 0 unspecified atom stereocenters. The summed E-state index contributed by atoms with van der Waals surface area (Å²) in [4.78, 5) is 15.0. The number of furan rings is 1. The highest BCUT2D eigenvalue weighted by atomic mass is 32.2. The summed E-state index contributed by atoms with van der Waals surface area (Å²) in [6.07, 6.45) is 3.29. The molecule has 23 heavy (non-hydrogen) atoms. The second-order valence-corrected chi connectivity index (χ2v) is 7.38. The fraction of sp³-hybridized carbons (Fsp3) is 0.389. The molecule has 1 amide bonds. The molecule has 4 nitrogen and oxygen atoms in total. The Kier molecular flexibility index (Phi) is 4.96. The molecule has 1 aromatic heterocycles. The van der Waals surface area contributed by atoms with Crippen molar-refractivity contribution in [3.8, 4) is 0 Å². The molecule has 0 N–H and O–H groups in total. The number of amides is 1. The van der Waals surface area contributed by atoms with E-state index < -0.39 is 10.8 Å². The van der Waals surface area contributed by atoms with Gasteiger partial charge in [-0.1, -0.05) is 12.1 Å². The predicted octanol–water partition coefficient (Wildman–Crippen LogP) is 3.52. The normalized spacial score (nSPS) is 16.3. The first-order valence-corrected chi connectivity index (χ1v) is 9.28. The van der Waals surface area contributed by atoms with Crippen LogP contribution in [0, 0.1) is 6.92 Å². The van der Waals surface area contributed by atoms with E-state index in [9.17, 15) is 9.00 Å². The van der Waals surface area contributed by atoms with Gasteiger partial charge in [-0.25, -0.2) is 0 Å². The highest BCUT2D eigenvalue weighted by Gasteiger charge is 2.21. The second kappa shape index (κ2) is 7.13. The van der Waals surface area contributed by atoms with Gasteiger partial charge in [0.2, 0.25) is 0 Å². The minimum Gasteiger partial charge on any atom is -0.455 e. The summed E-state index contributed by atoms with van der Waals surface area (Å²) in [6, 6.07) is 11.1. The smallest absolute Gasteiger partial charge is 0.289 e. The molecule has 122 valence electrons. The van der Waals surface area contributed by atoms with Crippen molar-refractivity contribution < 1.29 is 13.4 Å². The SMILES string of the molecule is Cc1cccc([S@@](=O)Cc2ccc(C(=O)N3CCCCC3)o2)c1. The minimum atomic E-state index is -1.17. The Bertz CT molecular complexity index is 717. The maximum atomic E-state index is 12.4. The van der Waals surface area contributed by atoms with Gasteiger partial charge in [-0.2, -0.15) is 0 Å². The molecule has 2 heterocycles. The highest BCUT2D eigenvalue weighted by molar-refractivity contribution is 7.84. The lowest BCUT2D eigenvalue weighted by atomic mass is 10.1. The number of benzene rings is 1. The molecule has 2 aromatic rings. The summed E-state index contributed by atoms with van der Waals surface area (Å²) < 4.78 is 18.0. The molecule has 0 saturated carbocycles. The van der Waals surface area contributed by atoms with Crippen LogP contribution in [0.15, 0.2) is 45.7 Å². The molecule has 0 radical (unpaired) electrons. The first-order chi connectivity index (χ1) is 11.1. The quantitative estimate of drug-likeness (QED) is 0.861. The van der Waals surface area contributed by atoms with Crippen molar-refractivity contribution in [1.82, 2.24) is 4.90 Å². The Balaban J connectivity index is 1.67. The number of carbonyl (C=O) groups excluding carboxylic acids is 1. The number of nitrogens with zero attached hydrogens (tertiary/aromatic N) is 1. The van der Waals surface area contributed by atoms with Crippen LogP contribution in [0.25, 0.3) is 0 Å². The molecular formula is C18H21NO3S. The van der Waals surface area contributed by atoms with Crippen molar-refractivity contribution in [1.29, 1.82) is 0 Å². The van der Waals surface area contributed by atoms with Crippen molar-refractivity contribution in [3.05, 3.63) is 53.5 Å². The van der Waals surface area contributed by atoms with Crippen molar-refractivity contribution in [3.63, 3.8) is 0 Å². The standard InChI is InChI=1S/C18H21NO3S/c1-14-6-5-7-16(12-14)23(21)13-15-8-9-17(22-15)18(20)19-10-3-2-4-11-19/h5-9,12H,2-4,10-11,13H2,1H3/t23-/m0/s1. The van der Waals surface area contributed by atoms with Crippen molar-refractivity contribution in [2.24, 2.45) is 0 Å². The monoisotopic (exact) mass is 331 g/mol. The van der Waals surface area contributed by atoms with E-state index in [-0.39, 0.29) is 11.7 Å². The lowest BCUT2D eigenvalue weighted by molar-refractivity contribution is 0.0690. The molecular weight excluding hydrogens is 310 g/mol. The van der Waals surface area contributed by atoms with E-state index in [4.69, 9.17) is 4.42 Å². The fourth-order valence-electron chi connectivity index (χ4n) is 2.79. The number of hydrogen-bond acceptors (Lipinski definition) is 3. The second-order valence-electron chi connectivity index (χ2n) is 5.93. The minimum absolute atomic E-state index is 0.0581. The summed E-state index contributed by atoms with van der Waals surface area (Å²) in [7, 11) is -1.17. The maximum Gasteiger partial charge on any atom is 0.289 e. The maximum absolute atomic E-state index is 12.4. The molecule has 1 atom stereocenters. The van der Waals surface area contributed by atoms with Gasteiger partial charge < -0.3 is 9.32 Å². The number of hydrogen-bond donors (Lipinski definition) is 0. The summed E-state index contributed by atoms with van der Waals surface area (Å²) >= 11 is 0. The van der Waals surface area contributed by atoms with E-state index in [1.807, 2.05) is 36.1 Å². The topological polar surface area (TPSA) is 50.5 Å². The lowest BCUT2D eigenvalue weighted by Crippen LogP contribution is -2.35. The van der Waals surface area contributed by atoms with Crippen LogP contribution < -0.4 is 0 Å². The van der Waals surface area contributed by atoms with Gasteiger partial charge in [0.25, 0.3) is 5.91 Å². The lowest BCUT2D eigenvalue weighted by Gasteiger charge is -2.25. The van der Waals surface area contributed by atoms with E-state index >= 15 is 0 Å². The Morgan fingerprint density at radius 3 is 2.70 bits per heavy atom. The summed E-state index contributed by atoms with van der Waals surface area (Å²) in [5.41, 5.74) is 1.08. The average molecular weight is 331 g/mol. The van der Waals surface area contributed by atoms with Gasteiger partial charge in [-0.05, 0) is 56.0 Å². The number of aryl methyl sites for hydroxylation is 1. The van der Waals surface area contributed by atoms with Crippen LogP contribution in [-0.2, 0) is 16.6 Å². The molecule has 0 aliphatic carbocycles. The van der Waals surface area contributed by atoms with E-state index in [0.717, 1.165) is 36.4 Å². The van der Waals surface area contributed by atoms with Gasteiger partial charge in [-0.15, -0.1) is 0 Å². The zero-order chi connectivity index (χ0) is 16.2. The van der Waals surface area contributed by atoms with E-state index in [0.29, 0.717) is 11.5 Å². The molecule has 5 heteroatoms. The summed E-state index contributed by atoms with van der Waals surface area (Å²) in [6.45, 7) is 3.57. The van der Waals surface area contributed by atoms with Gasteiger partial charge in [0.15, 0.2) is 5.76 Å². The van der Waals surface area contributed by atoms with Crippen LogP contribution in [0.2, 0.25) is 0 Å². The molecule has 1 aliphatic rings. The third-order valence-electron chi connectivity index (χ3n) is 4.04. The van der Waals surface area contributed by atoms with Crippen LogP contribution in [-0.4, -0.2) is 28.1 Å². The van der Waals surface area contributed by atoms with Crippen LogP contribution in [0.3, 0.4) is 0 Å².